The topological polar surface area (TPSA) is 168 Å². The molecule has 2 aliphatic rings. The second-order valence-electron chi connectivity index (χ2n) is 14.7. The summed E-state index contributed by atoms with van der Waals surface area (Å²) in [4.78, 5) is 58.2. The van der Waals surface area contributed by atoms with Crippen molar-refractivity contribution in [1.82, 2.24) is 35.1 Å². The number of carboxylic acid groups (broad SMARTS) is 1. The summed E-state index contributed by atoms with van der Waals surface area (Å²) in [6.45, 7) is 2.27. The van der Waals surface area contributed by atoms with Crippen LogP contribution in [-0.4, -0.2) is 70.9 Å². The highest BCUT2D eigenvalue weighted by Crippen LogP contribution is 2.37. The zero-order chi connectivity index (χ0) is 39.7. The molecule has 13 heteroatoms. The number of imidazole rings is 2. The van der Waals surface area contributed by atoms with E-state index >= 15 is 0 Å². The van der Waals surface area contributed by atoms with Crippen molar-refractivity contribution in [2.24, 2.45) is 0 Å². The lowest BCUT2D eigenvalue weighted by Gasteiger charge is -2.31. The Labute approximate surface area is 328 Å². The summed E-state index contributed by atoms with van der Waals surface area (Å²) in [6, 6.07) is 29.1. The van der Waals surface area contributed by atoms with Crippen molar-refractivity contribution in [2.45, 2.75) is 56.3 Å². The Morgan fingerprint density at radius 1 is 0.737 bits per heavy atom. The van der Waals surface area contributed by atoms with Crippen molar-refractivity contribution in [3.8, 4) is 33.6 Å². The highest BCUT2D eigenvalue weighted by Gasteiger charge is 2.43. The molecule has 4 heterocycles. The number of H-pyrrole nitrogens is 2. The van der Waals surface area contributed by atoms with Gasteiger partial charge in [0, 0.05) is 18.7 Å². The van der Waals surface area contributed by atoms with Gasteiger partial charge in [0.05, 0.1) is 35.9 Å². The van der Waals surface area contributed by atoms with Crippen LogP contribution in [0.4, 0.5) is 9.18 Å². The van der Waals surface area contributed by atoms with Gasteiger partial charge in [-0.05, 0) is 66.5 Å². The number of halogens is 1. The molecule has 0 aliphatic carbocycles. The lowest BCUT2D eigenvalue weighted by molar-refractivity contribution is -0.152. The number of carbonyl (C=O) groups excluding carboxylic acids is 2. The molecule has 5 N–H and O–H groups in total. The number of nitrogens with one attached hydrogen (secondary N) is 3. The minimum atomic E-state index is -2.02. The fourth-order valence-corrected chi connectivity index (χ4v) is 8.07. The number of hydrogen-bond acceptors (Lipinski definition) is 6. The molecule has 12 nitrogen and oxygen atoms in total. The number of aromatic amines is 2. The molecule has 2 aliphatic heterocycles. The van der Waals surface area contributed by atoms with Gasteiger partial charge in [0.1, 0.15) is 23.5 Å². The fourth-order valence-electron chi connectivity index (χ4n) is 8.07. The minimum absolute atomic E-state index is 0.0564. The summed E-state index contributed by atoms with van der Waals surface area (Å²) in [5, 5.41) is 23.1. The van der Waals surface area contributed by atoms with Crippen molar-refractivity contribution in [3.05, 3.63) is 144 Å². The standard InChI is InChI=1S/C44H42FN7O5/c1-44(57,32-11-5-6-12-33(32)45)42(54)52-24-8-14-37(52)40-47-26-35(49-40)30-21-17-28(18-22-30)27-15-19-29(20-16-27)34-25-46-39(48-34)36-13-7-23-51(36)41(53)38(50-43(55)56)31-9-3-2-4-10-31/h2-6,9-12,15-22,25-26,36-38,50,57H,7-8,13-14,23-24H2,1H3,(H,46,48)(H,47,49)(H,55,56)/t36-,37?,38+,44-/m0/s1. The number of aromatic nitrogens is 4. The Kier molecular flexibility index (Phi) is 10.2. The number of rotatable bonds is 10. The molecular formula is C44H42FN7O5. The van der Waals surface area contributed by atoms with Gasteiger partial charge in [-0.15, -0.1) is 0 Å². The zero-order valence-electron chi connectivity index (χ0n) is 31.2. The van der Waals surface area contributed by atoms with Crippen molar-refractivity contribution >= 4 is 17.9 Å². The first-order chi connectivity index (χ1) is 27.6. The molecule has 4 atom stereocenters. The molecule has 8 rings (SSSR count). The first-order valence-corrected chi connectivity index (χ1v) is 19.0. The van der Waals surface area contributed by atoms with Crippen molar-refractivity contribution < 1.29 is 29.0 Å². The third-order valence-electron chi connectivity index (χ3n) is 11.1. The first kappa shape index (κ1) is 37.3. The molecular weight excluding hydrogens is 726 g/mol. The number of benzene rings is 4. The lowest BCUT2D eigenvalue weighted by atomic mass is 9.93. The summed E-state index contributed by atoms with van der Waals surface area (Å²) < 4.78 is 14.6. The smallest absolute Gasteiger partial charge is 0.405 e. The van der Waals surface area contributed by atoms with Gasteiger partial charge < -0.3 is 35.3 Å². The molecule has 2 saturated heterocycles. The van der Waals surface area contributed by atoms with Crippen LogP contribution in [0.15, 0.2) is 116 Å². The maximum atomic E-state index is 14.6. The van der Waals surface area contributed by atoms with Crippen LogP contribution < -0.4 is 5.32 Å². The Hall–Kier alpha value is -6.60. The maximum Gasteiger partial charge on any atom is 0.405 e. The van der Waals surface area contributed by atoms with Crippen LogP contribution >= 0.6 is 0 Å². The summed E-state index contributed by atoms with van der Waals surface area (Å²) in [5.41, 5.74) is 3.98. The number of aliphatic hydroxyl groups is 1. The van der Waals surface area contributed by atoms with Crippen LogP contribution in [-0.2, 0) is 15.2 Å². The van der Waals surface area contributed by atoms with E-state index in [1.54, 1.807) is 52.5 Å². The van der Waals surface area contributed by atoms with E-state index in [0.29, 0.717) is 43.1 Å². The lowest BCUT2D eigenvalue weighted by Crippen LogP contribution is -2.45. The second-order valence-corrected chi connectivity index (χ2v) is 14.7. The Morgan fingerprint density at radius 3 is 1.77 bits per heavy atom. The van der Waals surface area contributed by atoms with E-state index in [-0.39, 0.29) is 23.6 Å². The summed E-state index contributed by atoms with van der Waals surface area (Å²) in [5.74, 6) is -0.239. The quantitative estimate of drug-likeness (QED) is 0.0961. The number of carbonyl (C=O) groups is 3. The Balaban J connectivity index is 0.931. The summed E-state index contributed by atoms with van der Waals surface area (Å²) in [7, 11) is 0. The molecule has 0 bridgehead atoms. The Morgan fingerprint density at radius 2 is 1.23 bits per heavy atom. The van der Waals surface area contributed by atoms with Gasteiger partial charge in [-0.2, -0.15) is 0 Å². The van der Waals surface area contributed by atoms with E-state index in [4.69, 9.17) is 0 Å². The van der Waals surface area contributed by atoms with Gasteiger partial charge in [0.15, 0.2) is 5.60 Å². The fraction of sp³-hybridized carbons (Fsp3) is 0.250. The first-order valence-electron chi connectivity index (χ1n) is 19.0. The molecule has 2 fully saturated rings. The van der Waals surface area contributed by atoms with Gasteiger partial charge >= 0.3 is 6.09 Å². The SMILES string of the molecule is C[C@@](O)(C(=O)N1CCCC1c1ncc(-c2ccc(-c3ccc(-c4cnc([C@@H]5CCCN5C(=O)[C@H](NC(=O)O)c5ccccc5)[nH]4)cc3)cc2)[nH]1)c1ccccc1F. The van der Waals surface area contributed by atoms with Crippen molar-refractivity contribution in [1.29, 1.82) is 0 Å². The molecule has 6 aromatic rings. The van der Waals surface area contributed by atoms with Crippen LogP contribution in [0, 0.1) is 5.82 Å². The molecule has 0 spiro atoms. The van der Waals surface area contributed by atoms with Gasteiger partial charge in [-0.1, -0.05) is 97.1 Å². The molecule has 1 unspecified atom stereocenters. The van der Waals surface area contributed by atoms with E-state index in [0.717, 1.165) is 46.5 Å². The predicted octanol–water partition coefficient (Wildman–Crippen LogP) is 7.52. The van der Waals surface area contributed by atoms with E-state index in [1.165, 1.54) is 25.1 Å². The number of nitrogens with zero attached hydrogens (tertiary/aromatic N) is 4. The van der Waals surface area contributed by atoms with E-state index in [2.05, 4.69) is 25.3 Å². The Bertz CT molecular complexity index is 2390. The van der Waals surface area contributed by atoms with Crippen LogP contribution in [0.2, 0.25) is 0 Å². The number of amides is 3. The van der Waals surface area contributed by atoms with Crippen LogP contribution in [0.3, 0.4) is 0 Å². The van der Waals surface area contributed by atoms with Crippen LogP contribution in [0.1, 0.15) is 73.5 Å². The monoisotopic (exact) mass is 767 g/mol. The average molecular weight is 768 g/mol. The summed E-state index contributed by atoms with van der Waals surface area (Å²) >= 11 is 0. The van der Waals surface area contributed by atoms with Crippen molar-refractivity contribution in [3.63, 3.8) is 0 Å². The summed E-state index contributed by atoms with van der Waals surface area (Å²) in [6.07, 6.45) is 5.12. The van der Waals surface area contributed by atoms with Gasteiger partial charge in [0.25, 0.3) is 11.8 Å². The van der Waals surface area contributed by atoms with E-state index in [9.17, 15) is 29.0 Å². The molecule has 0 saturated carbocycles. The third kappa shape index (κ3) is 7.41. The molecule has 57 heavy (non-hydrogen) atoms. The molecule has 0 radical (unpaired) electrons. The van der Waals surface area contributed by atoms with E-state index in [1.807, 2.05) is 54.6 Å². The molecule has 3 amide bonds. The molecule has 4 aromatic carbocycles. The number of likely N-dealkylation sites (tertiary alicyclic amines) is 2. The maximum absolute atomic E-state index is 14.6. The molecule has 2 aromatic heterocycles. The number of hydrogen-bond donors (Lipinski definition) is 5. The highest BCUT2D eigenvalue weighted by molar-refractivity contribution is 5.87. The second kappa shape index (κ2) is 15.5. The van der Waals surface area contributed by atoms with Gasteiger partial charge in [0.2, 0.25) is 0 Å². The third-order valence-corrected chi connectivity index (χ3v) is 11.1. The van der Waals surface area contributed by atoms with Crippen molar-refractivity contribution in [2.75, 3.05) is 13.1 Å². The average Bonchev–Trinajstić information content (AvgIpc) is 4.07. The zero-order valence-corrected chi connectivity index (χ0v) is 31.2. The van der Waals surface area contributed by atoms with Crippen LogP contribution in [0.25, 0.3) is 33.6 Å². The van der Waals surface area contributed by atoms with Gasteiger partial charge in [-0.3, -0.25) is 9.59 Å². The van der Waals surface area contributed by atoms with Gasteiger partial charge in [-0.25, -0.2) is 19.2 Å². The highest BCUT2D eigenvalue weighted by atomic mass is 19.1. The normalized spacial score (nSPS) is 18.3. The molecule has 290 valence electrons. The largest absolute Gasteiger partial charge is 0.465 e. The van der Waals surface area contributed by atoms with E-state index < -0.39 is 29.5 Å². The predicted molar refractivity (Wildman–Crippen MR) is 211 cm³/mol. The van der Waals surface area contributed by atoms with Crippen LogP contribution in [0.5, 0.6) is 0 Å². The minimum Gasteiger partial charge on any atom is -0.465 e.